The molecule has 2 N–H and O–H groups in total. The summed E-state index contributed by atoms with van der Waals surface area (Å²) in [5.74, 6) is 1.96. The zero-order valence-electron chi connectivity index (χ0n) is 17.5. The van der Waals surface area contributed by atoms with E-state index in [1.807, 2.05) is 30.3 Å². The van der Waals surface area contributed by atoms with Crippen LogP contribution in [0.3, 0.4) is 0 Å². The molecule has 0 aromatic heterocycles. The van der Waals surface area contributed by atoms with Gasteiger partial charge >= 0.3 is 0 Å². The van der Waals surface area contributed by atoms with E-state index in [0.29, 0.717) is 30.4 Å². The second-order valence-electron chi connectivity index (χ2n) is 7.28. The van der Waals surface area contributed by atoms with Crippen molar-refractivity contribution in [3.8, 4) is 5.75 Å². The van der Waals surface area contributed by atoms with Crippen LogP contribution >= 0.6 is 0 Å². The topological polar surface area (TPSA) is 83.0 Å². The molecule has 162 valence electrons. The second-order valence-corrected chi connectivity index (χ2v) is 9.22. The van der Waals surface area contributed by atoms with E-state index in [9.17, 15) is 8.42 Å². The van der Waals surface area contributed by atoms with Crippen LogP contribution in [0, 0.1) is 5.92 Å². The Labute approximate surface area is 179 Å². The van der Waals surface area contributed by atoms with Gasteiger partial charge in [-0.05, 0) is 37.0 Å². The molecule has 7 nitrogen and oxygen atoms in total. The van der Waals surface area contributed by atoms with Crippen molar-refractivity contribution in [1.82, 2.24) is 14.9 Å². The first kappa shape index (κ1) is 22.1. The van der Waals surface area contributed by atoms with E-state index in [0.717, 1.165) is 36.7 Å². The number of hydrogen-bond acceptors (Lipinski definition) is 4. The van der Waals surface area contributed by atoms with E-state index in [-0.39, 0.29) is 0 Å². The first-order valence-corrected chi connectivity index (χ1v) is 11.6. The van der Waals surface area contributed by atoms with Crippen LogP contribution in [0.15, 0.2) is 64.5 Å². The van der Waals surface area contributed by atoms with Crippen molar-refractivity contribution in [1.29, 1.82) is 0 Å². The summed E-state index contributed by atoms with van der Waals surface area (Å²) >= 11 is 0. The van der Waals surface area contributed by atoms with Gasteiger partial charge in [0.05, 0.1) is 12.0 Å². The van der Waals surface area contributed by atoms with Crippen molar-refractivity contribution < 1.29 is 13.2 Å². The number of nitrogens with one attached hydrogen (secondary N) is 2. The minimum absolute atomic E-state index is 0.363. The molecule has 30 heavy (non-hydrogen) atoms. The number of ether oxygens (including phenoxy) is 1. The highest BCUT2D eigenvalue weighted by Gasteiger charge is 2.29. The van der Waals surface area contributed by atoms with Gasteiger partial charge in [0, 0.05) is 38.8 Å². The standard InChI is InChI=1S/C22H30N4O3S/c1-23-22(25-17-19-8-6-7-11-21(19)29-2)24-16-18-12-14-26(15-13-18)30(27,28)20-9-4-3-5-10-20/h3-11,18H,12-17H2,1-2H3,(H2,23,24,25). The van der Waals surface area contributed by atoms with Crippen LogP contribution in [0.25, 0.3) is 0 Å². The van der Waals surface area contributed by atoms with Gasteiger partial charge in [0.2, 0.25) is 10.0 Å². The summed E-state index contributed by atoms with van der Waals surface area (Å²) in [6, 6.07) is 16.5. The molecule has 3 rings (SSSR count). The predicted molar refractivity (Wildman–Crippen MR) is 119 cm³/mol. The predicted octanol–water partition coefficient (Wildman–Crippen LogP) is 2.46. The molecule has 1 aliphatic rings. The van der Waals surface area contributed by atoms with Crippen LogP contribution < -0.4 is 15.4 Å². The fraction of sp³-hybridized carbons (Fsp3) is 0.409. The smallest absolute Gasteiger partial charge is 0.243 e. The number of benzene rings is 2. The minimum Gasteiger partial charge on any atom is -0.496 e. The molecule has 2 aromatic carbocycles. The van der Waals surface area contributed by atoms with Gasteiger partial charge < -0.3 is 15.4 Å². The van der Waals surface area contributed by atoms with Crippen molar-refractivity contribution in [3.05, 3.63) is 60.2 Å². The Kier molecular flexibility index (Phi) is 7.70. The molecule has 1 saturated heterocycles. The van der Waals surface area contributed by atoms with Crippen LogP contribution in [0.2, 0.25) is 0 Å². The number of aliphatic imine (C=N–C) groups is 1. The van der Waals surface area contributed by atoms with E-state index in [2.05, 4.69) is 15.6 Å². The molecule has 0 saturated carbocycles. The highest BCUT2D eigenvalue weighted by atomic mass is 32.2. The molecule has 0 spiro atoms. The lowest BCUT2D eigenvalue weighted by Crippen LogP contribution is -2.44. The Balaban J connectivity index is 1.46. The maximum atomic E-state index is 12.7. The third kappa shape index (κ3) is 5.52. The lowest BCUT2D eigenvalue weighted by molar-refractivity contribution is 0.273. The number of para-hydroxylation sites is 1. The quantitative estimate of drug-likeness (QED) is 0.521. The zero-order chi connectivity index (χ0) is 21.4. The summed E-state index contributed by atoms with van der Waals surface area (Å²) in [6.45, 7) is 2.44. The first-order valence-electron chi connectivity index (χ1n) is 10.2. The lowest BCUT2D eigenvalue weighted by atomic mass is 9.98. The molecule has 1 heterocycles. The molecule has 0 aliphatic carbocycles. The van der Waals surface area contributed by atoms with E-state index in [1.165, 1.54) is 0 Å². The SMILES string of the molecule is CN=C(NCc1ccccc1OC)NCC1CCN(S(=O)(=O)c2ccccc2)CC1. The zero-order valence-corrected chi connectivity index (χ0v) is 18.4. The maximum Gasteiger partial charge on any atom is 0.243 e. The van der Waals surface area contributed by atoms with Gasteiger partial charge in [0.25, 0.3) is 0 Å². The Bertz CT molecular complexity index is 940. The third-order valence-electron chi connectivity index (χ3n) is 5.38. The number of guanidine groups is 1. The fourth-order valence-corrected chi connectivity index (χ4v) is 5.08. The molecule has 8 heteroatoms. The van der Waals surface area contributed by atoms with Crippen molar-refractivity contribution in [2.75, 3.05) is 33.8 Å². The number of sulfonamides is 1. The molecule has 2 aromatic rings. The van der Waals surface area contributed by atoms with Crippen molar-refractivity contribution in [2.24, 2.45) is 10.9 Å². The van der Waals surface area contributed by atoms with Gasteiger partial charge in [-0.25, -0.2) is 8.42 Å². The highest BCUT2D eigenvalue weighted by molar-refractivity contribution is 7.89. The Morgan fingerprint density at radius 2 is 1.73 bits per heavy atom. The van der Waals surface area contributed by atoms with Crippen LogP contribution in [0.5, 0.6) is 5.75 Å². The molecule has 0 radical (unpaired) electrons. The number of hydrogen-bond donors (Lipinski definition) is 2. The summed E-state index contributed by atoms with van der Waals surface area (Å²) in [4.78, 5) is 4.65. The number of piperidine rings is 1. The molecule has 0 atom stereocenters. The fourth-order valence-electron chi connectivity index (χ4n) is 3.58. The lowest BCUT2D eigenvalue weighted by Gasteiger charge is -2.31. The summed E-state index contributed by atoms with van der Waals surface area (Å²) in [7, 11) is 0.00332. The highest BCUT2D eigenvalue weighted by Crippen LogP contribution is 2.23. The van der Waals surface area contributed by atoms with Gasteiger partial charge in [-0.1, -0.05) is 36.4 Å². The van der Waals surface area contributed by atoms with E-state index in [4.69, 9.17) is 4.74 Å². The Morgan fingerprint density at radius 1 is 1.07 bits per heavy atom. The van der Waals surface area contributed by atoms with E-state index >= 15 is 0 Å². The van der Waals surface area contributed by atoms with Gasteiger partial charge in [0.15, 0.2) is 5.96 Å². The number of rotatable bonds is 7. The van der Waals surface area contributed by atoms with Crippen LogP contribution in [-0.2, 0) is 16.6 Å². The van der Waals surface area contributed by atoms with Gasteiger partial charge in [-0.2, -0.15) is 4.31 Å². The summed E-state index contributed by atoms with van der Waals surface area (Å²) in [5, 5.41) is 6.67. The summed E-state index contributed by atoms with van der Waals surface area (Å²) in [6.07, 6.45) is 1.64. The van der Waals surface area contributed by atoms with Crippen molar-refractivity contribution in [2.45, 2.75) is 24.3 Å². The van der Waals surface area contributed by atoms with Crippen molar-refractivity contribution in [3.63, 3.8) is 0 Å². The normalized spacial score (nSPS) is 16.3. The van der Waals surface area contributed by atoms with E-state index in [1.54, 1.807) is 42.7 Å². The monoisotopic (exact) mass is 430 g/mol. The Hall–Kier alpha value is -2.58. The van der Waals surface area contributed by atoms with E-state index < -0.39 is 10.0 Å². The Morgan fingerprint density at radius 3 is 2.40 bits per heavy atom. The molecule has 1 aliphatic heterocycles. The van der Waals surface area contributed by atoms with Crippen molar-refractivity contribution >= 4 is 16.0 Å². The summed E-state index contributed by atoms with van der Waals surface area (Å²) in [5.41, 5.74) is 1.06. The number of nitrogens with zero attached hydrogens (tertiary/aromatic N) is 2. The minimum atomic E-state index is -3.40. The molecule has 1 fully saturated rings. The van der Waals surface area contributed by atoms with Crippen LogP contribution in [0.1, 0.15) is 18.4 Å². The number of methoxy groups -OCH3 is 1. The van der Waals surface area contributed by atoms with Gasteiger partial charge in [-0.3, -0.25) is 4.99 Å². The average molecular weight is 431 g/mol. The molecular weight excluding hydrogens is 400 g/mol. The first-order chi connectivity index (χ1) is 14.5. The maximum absolute atomic E-state index is 12.7. The second kappa shape index (κ2) is 10.4. The molecule has 0 amide bonds. The third-order valence-corrected chi connectivity index (χ3v) is 7.29. The molecule has 0 unspecified atom stereocenters. The molecular formula is C22H30N4O3S. The van der Waals surface area contributed by atoms with Gasteiger partial charge in [0.1, 0.15) is 5.75 Å². The van der Waals surface area contributed by atoms with Crippen LogP contribution in [-0.4, -0.2) is 52.5 Å². The molecule has 0 bridgehead atoms. The van der Waals surface area contributed by atoms with Gasteiger partial charge in [-0.15, -0.1) is 0 Å². The van der Waals surface area contributed by atoms with Crippen LogP contribution in [0.4, 0.5) is 0 Å². The largest absolute Gasteiger partial charge is 0.496 e. The summed E-state index contributed by atoms with van der Waals surface area (Å²) < 4.78 is 32.5. The average Bonchev–Trinajstić information content (AvgIpc) is 2.80.